The Kier molecular flexibility index (Phi) is 17.0. The van der Waals surface area contributed by atoms with Crippen LogP contribution in [0.15, 0.2) is 65.2 Å². The molecule has 1 heterocycles. The lowest BCUT2D eigenvalue weighted by Crippen LogP contribution is -2.36. The van der Waals surface area contributed by atoms with Crippen molar-refractivity contribution < 1.29 is 13.9 Å². The molecule has 1 aliphatic rings. The van der Waals surface area contributed by atoms with E-state index in [1.807, 2.05) is 27.8 Å². The van der Waals surface area contributed by atoms with Crippen molar-refractivity contribution in [1.82, 2.24) is 0 Å². The van der Waals surface area contributed by atoms with E-state index in [0.717, 1.165) is 43.8 Å². The molecule has 0 radical (unpaired) electrons. The zero-order chi connectivity index (χ0) is 24.2. The summed E-state index contributed by atoms with van der Waals surface area (Å²) in [7, 11) is 1.93. The van der Waals surface area contributed by atoms with Gasteiger partial charge in [0.25, 0.3) is 0 Å². The molecule has 1 aliphatic heterocycles. The van der Waals surface area contributed by atoms with Crippen molar-refractivity contribution in [3.8, 4) is 0 Å². The number of allylic oxidation sites excluding steroid dienone is 2. The molecule has 0 aromatic heterocycles. The number of halogens is 1. The molecule has 0 aliphatic carbocycles. The Morgan fingerprint density at radius 3 is 2.19 bits per heavy atom. The Morgan fingerprint density at radius 2 is 1.75 bits per heavy atom. The van der Waals surface area contributed by atoms with Crippen molar-refractivity contribution in [2.24, 2.45) is 4.99 Å². The molecule has 5 nitrogen and oxygen atoms in total. The van der Waals surface area contributed by atoms with Crippen molar-refractivity contribution in [3.05, 3.63) is 71.6 Å². The fourth-order valence-corrected chi connectivity index (χ4v) is 2.48. The first-order valence-electron chi connectivity index (χ1n) is 10.9. The first kappa shape index (κ1) is 29.0. The van der Waals surface area contributed by atoms with Crippen LogP contribution in [-0.2, 0) is 16.1 Å². The fraction of sp³-hybridized carbons (Fsp3) is 0.385. The van der Waals surface area contributed by atoms with E-state index in [1.165, 1.54) is 11.8 Å². The van der Waals surface area contributed by atoms with Crippen LogP contribution in [0, 0.1) is 5.82 Å². The number of carbonyl (C=O) groups is 1. The molecule has 0 amide bonds. The second-order valence-corrected chi connectivity index (χ2v) is 6.52. The van der Waals surface area contributed by atoms with Gasteiger partial charge in [-0.15, -0.1) is 0 Å². The van der Waals surface area contributed by atoms with Crippen LogP contribution in [0.4, 0.5) is 15.8 Å². The lowest BCUT2D eigenvalue weighted by atomic mass is 10.2. The number of aldehydes is 1. The van der Waals surface area contributed by atoms with Gasteiger partial charge < -0.3 is 15.0 Å². The van der Waals surface area contributed by atoms with E-state index in [0.29, 0.717) is 12.1 Å². The summed E-state index contributed by atoms with van der Waals surface area (Å²) in [6, 6.07) is 15.1. The molecule has 1 fully saturated rings. The summed E-state index contributed by atoms with van der Waals surface area (Å²) < 4.78 is 18.0. The Balaban J connectivity index is 0.000000469. The molecule has 32 heavy (non-hydrogen) atoms. The van der Waals surface area contributed by atoms with E-state index in [4.69, 9.17) is 4.74 Å². The molecule has 3 rings (SSSR count). The number of morpholine rings is 1. The molecule has 0 atom stereocenters. The maximum atomic E-state index is 12.7. The van der Waals surface area contributed by atoms with Crippen LogP contribution in [0.3, 0.4) is 0 Å². The lowest BCUT2D eigenvalue weighted by Gasteiger charge is -2.28. The van der Waals surface area contributed by atoms with Gasteiger partial charge in [-0.3, -0.25) is 9.79 Å². The topological polar surface area (TPSA) is 53.9 Å². The quantitative estimate of drug-likeness (QED) is 0.362. The van der Waals surface area contributed by atoms with Gasteiger partial charge in [0.2, 0.25) is 0 Å². The van der Waals surface area contributed by atoms with Gasteiger partial charge in [-0.25, -0.2) is 4.39 Å². The molecular formula is C26H38FN3O2. The minimum absolute atomic E-state index is 0.213. The predicted octanol–water partition coefficient (Wildman–Crippen LogP) is 5.77. The average Bonchev–Trinajstić information content (AvgIpc) is 2.87. The molecule has 1 saturated heterocycles. The van der Waals surface area contributed by atoms with Crippen molar-refractivity contribution in [2.45, 2.75) is 34.2 Å². The smallest absolute Gasteiger partial charge is 0.145 e. The van der Waals surface area contributed by atoms with Crippen LogP contribution >= 0.6 is 0 Å². The van der Waals surface area contributed by atoms with Crippen LogP contribution in [0.5, 0.6) is 0 Å². The standard InChI is InChI=1S/C11H16N2O.C8H8FN.C5H8O.C2H6/c1-12-10-2-4-11(5-3-10)13-6-8-14-9-7-13;1-10-6-7-4-2-3-5-8(7)9;1-3-5(2)4-6;1-2/h2-5,12H,6-9H2,1H3;2-5H,1,6H2;3-4H,1-2H3;1-2H3/b;;5-3+;. The van der Waals surface area contributed by atoms with Gasteiger partial charge >= 0.3 is 0 Å². The zero-order valence-corrected chi connectivity index (χ0v) is 20.1. The Labute approximate surface area is 193 Å². The normalized spacial score (nSPS) is 12.6. The number of ether oxygens (including phenoxy) is 1. The second kappa shape index (κ2) is 18.8. The van der Waals surface area contributed by atoms with E-state index in [-0.39, 0.29) is 5.82 Å². The minimum atomic E-state index is -0.213. The lowest BCUT2D eigenvalue weighted by molar-refractivity contribution is -0.104. The number of carbonyl (C=O) groups excluding carboxylic acids is 1. The molecule has 0 saturated carbocycles. The first-order valence-corrected chi connectivity index (χ1v) is 10.9. The highest BCUT2D eigenvalue weighted by Gasteiger charge is 2.10. The van der Waals surface area contributed by atoms with Gasteiger partial charge in [-0.2, -0.15) is 0 Å². The Morgan fingerprint density at radius 1 is 1.16 bits per heavy atom. The van der Waals surface area contributed by atoms with E-state index >= 15 is 0 Å². The highest BCUT2D eigenvalue weighted by molar-refractivity contribution is 5.71. The SMILES string of the molecule is C/C=C(\C)C=O.C=NCc1ccccc1F.CC.CNc1ccc(N2CCOCC2)cc1. The van der Waals surface area contributed by atoms with Gasteiger partial charge in [0.15, 0.2) is 0 Å². The van der Waals surface area contributed by atoms with Crippen LogP contribution in [-0.4, -0.2) is 46.4 Å². The van der Waals surface area contributed by atoms with Crippen LogP contribution < -0.4 is 10.2 Å². The van der Waals surface area contributed by atoms with Crippen molar-refractivity contribution in [3.63, 3.8) is 0 Å². The maximum Gasteiger partial charge on any atom is 0.145 e. The third-order valence-corrected chi connectivity index (χ3v) is 4.41. The number of nitrogens with zero attached hydrogens (tertiary/aromatic N) is 2. The number of benzene rings is 2. The summed E-state index contributed by atoms with van der Waals surface area (Å²) in [5.41, 5.74) is 3.82. The molecule has 176 valence electrons. The van der Waals surface area contributed by atoms with Gasteiger partial charge in [0.05, 0.1) is 19.8 Å². The van der Waals surface area contributed by atoms with Crippen molar-refractivity contribution >= 4 is 24.4 Å². The molecular weight excluding hydrogens is 405 g/mol. The Bertz CT molecular complexity index is 786. The molecule has 0 bridgehead atoms. The predicted molar refractivity (Wildman–Crippen MR) is 136 cm³/mol. The van der Waals surface area contributed by atoms with E-state index in [2.05, 4.69) is 46.2 Å². The number of rotatable bonds is 5. The van der Waals surface area contributed by atoms with Crippen molar-refractivity contribution in [1.29, 1.82) is 0 Å². The third-order valence-electron chi connectivity index (χ3n) is 4.41. The summed E-state index contributed by atoms with van der Waals surface area (Å²) >= 11 is 0. The largest absolute Gasteiger partial charge is 0.388 e. The highest BCUT2D eigenvalue weighted by atomic mass is 19.1. The van der Waals surface area contributed by atoms with Crippen LogP contribution in [0.1, 0.15) is 33.3 Å². The van der Waals surface area contributed by atoms with Crippen LogP contribution in [0.25, 0.3) is 0 Å². The second-order valence-electron chi connectivity index (χ2n) is 6.52. The molecule has 0 spiro atoms. The highest BCUT2D eigenvalue weighted by Crippen LogP contribution is 2.18. The Hall–Kier alpha value is -2.99. The minimum Gasteiger partial charge on any atom is -0.388 e. The van der Waals surface area contributed by atoms with Gasteiger partial charge in [0.1, 0.15) is 12.1 Å². The number of hydrogen-bond donors (Lipinski definition) is 1. The molecule has 2 aromatic rings. The van der Waals surface area contributed by atoms with Gasteiger partial charge in [-0.05, 0) is 56.5 Å². The third kappa shape index (κ3) is 12.0. The monoisotopic (exact) mass is 443 g/mol. The maximum absolute atomic E-state index is 12.7. The van der Waals surface area contributed by atoms with E-state index < -0.39 is 0 Å². The first-order chi connectivity index (χ1) is 15.5. The van der Waals surface area contributed by atoms with Crippen LogP contribution in [0.2, 0.25) is 0 Å². The van der Waals surface area contributed by atoms with Gasteiger partial charge in [0, 0.05) is 37.1 Å². The van der Waals surface area contributed by atoms with E-state index in [1.54, 1.807) is 31.2 Å². The fourth-order valence-electron chi connectivity index (χ4n) is 2.48. The average molecular weight is 444 g/mol. The summed E-state index contributed by atoms with van der Waals surface area (Å²) in [5, 5.41) is 3.11. The summed E-state index contributed by atoms with van der Waals surface area (Å²) in [6.45, 7) is 14.9. The molecule has 6 heteroatoms. The van der Waals surface area contributed by atoms with Crippen molar-refractivity contribution in [2.75, 3.05) is 43.6 Å². The number of nitrogens with one attached hydrogen (secondary N) is 1. The van der Waals surface area contributed by atoms with E-state index in [9.17, 15) is 9.18 Å². The van der Waals surface area contributed by atoms with Gasteiger partial charge in [-0.1, -0.05) is 38.1 Å². The summed E-state index contributed by atoms with van der Waals surface area (Å²) in [4.78, 5) is 15.6. The summed E-state index contributed by atoms with van der Waals surface area (Å²) in [6.07, 6.45) is 2.60. The summed E-state index contributed by atoms with van der Waals surface area (Å²) in [5.74, 6) is -0.213. The number of anilines is 2. The number of hydrogen-bond acceptors (Lipinski definition) is 5. The molecule has 1 N–H and O–H groups in total. The molecule has 0 unspecified atom stereocenters. The number of aliphatic imine (C=N–C) groups is 1. The molecule has 2 aromatic carbocycles. The zero-order valence-electron chi connectivity index (χ0n) is 20.1.